The van der Waals surface area contributed by atoms with Crippen LogP contribution in [0.15, 0.2) is 0 Å². The average Bonchev–Trinajstić information content (AvgIpc) is 3.09. The molecular formula is C13H25NO2. The smallest absolute Gasteiger partial charge is 0.313 e. The van der Waals surface area contributed by atoms with Gasteiger partial charge in [0.05, 0.1) is 12.5 Å². The molecule has 0 heterocycles. The summed E-state index contributed by atoms with van der Waals surface area (Å²) in [6.07, 6.45) is 5.46. The van der Waals surface area contributed by atoms with Crippen molar-refractivity contribution in [3.05, 3.63) is 0 Å². The summed E-state index contributed by atoms with van der Waals surface area (Å²) in [5, 5.41) is 0. The fourth-order valence-corrected chi connectivity index (χ4v) is 2.81. The second kappa shape index (κ2) is 5.67. The van der Waals surface area contributed by atoms with E-state index in [0.717, 1.165) is 32.1 Å². The Kier molecular flexibility index (Phi) is 4.78. The Morgan fingerprint density at radius 2 is 2.19 bits per heavy atom. The maximum Gasteiger partial charge on any atom is 0.313 e. The van der Waals surface area contributed by atoms with Gasteiger partial charge in [0, 0.05) is 6.54 Å². The molecule has 0 aromatic carbocycles. The van der Waals surface area contributed by atoms with Crippen molar-refractivity contribution in [1.29, 1.82) is 0 Å². The highest BCUT2D eigenvalue weighted by Gasteiger charge is 2.51. The first-order chi connectivity index (χ1) is 7.60. The van der Waals surface area contributed by atoms with Crippen molar-refractivity contribution in [3.63, 3.8) is 0 Å². The fourth-order valence-electron chi connectivity index (χ4n) is 2.81. The quantitative estimate of drug-likeness (QED) is 0.679. The van der Waals surface area contributed by atoms with Crippen LogP contribution >= 0.6 is 0 Å². The summed E-state index contributed by atoms with van der Waals surface area (Å²) in [5.41, 5.74) is 5.47. The number of esters is 1. The van der Waals surface area contributed by atoms with E-state index in [0.29, 0.717) is 18.4 Å². The van der Waals surface area contributed by atoms with Crippen LogP contribution in [0.1, 0.15) is 46.0 Å². The Balaban J connectivity index is 2.72. The standard InChI is InChI=1S/C13H25NO2/c1-4-5-10(2)8-13(9-14,11-6-7-11)12(15)16-3/h10-11H,4-9,14H2,1-3H3. The molecule has 0 bridgehead atoms. The lowest BCUT2D eigenvalue weighted by molar-refractivity contribution is -0.155. The van der Waals surface area contributed by atoms with Crippen molar-refractivity contribution in [3.8, 4) is 0 Å². The zero-order chi connectivity index (χ0) is 12.2. The molecule has 0 aromatic heterocycles. The van der Waals surface area contributed by atoms with Crippen molar-refractivity contribution in [2.75, 3.05) is 13.7 Å². The van der Waals surface area contributed by atoms with Crippen molar-refractivity contribution in [2.24, 2.45) is 23.0 Å². The van der Waals surface area contributed by atoms with Gasteiger partial charge in [0.25, 0.3) is 0 Å². The van der Waals surface area contributed by atoms with E-state index in [4.69, 9.17) is 10.5 Å². The first-order valence-electron chi connectivity index (χ1n) is 6.39. The van der Waals surface area contributed by atoms with Crippen LogP contribution in [0.25, 0.3) is 0 Å². The third-order valence-electron chi connectivity index (χ3n) is 3.81. The van der Waals surface area contributed by atoms with Gasteiger partial charge in [-0.2, -0.15) is 0 Å². The van der Waals surface area contributed by atoms with Gasteiger partial charge in [0.2, 0.25) is 0 Å². The molecule has 94 valence electrons. The average molecular weight is 227 g/mol. The topological polar surface area (TPSA) is 52.3 Å². The molecule has 2 unspecified atom stereocenters. The van der Waals surface area contributed by atoms with E-state index in [1.165, 1.54) is 7.11 Å². The van der Waals surface area contributed by atoms with E-state index in [9.17, 15) is 4.79 Å². The van der Waals surface area contributed by atoms with Crippen LogP contribution < -0.4 is 5.73 Å². The van der Waals surface area contributed by atoms with Crippen LogP contribution in [0.2, 0.25) is 0 Å². The van der Waals surface area contributed by atoms with Gasteiger partial charge in [0.15, 0.2) is 0 Å². The molecule has 3 heteroatoms. The molecule has 0 aromatic rings. The van der Waals surface area contributed by atoms with Crippen molar-refractivity contribution < 1.29 is 9.53 Å². The SMILES string of the molecule is CCCC(C)CC(CN)(C(=O)OC)C1CC1. The van der Waals surface area contributed by atoms with Crippen LogP contribution in [-0.4, -0.2) is 19.6 Å². The first kappa shape index (κ1) is 13.5. The summed E-state index contributed by atoms with van der Waals surface area (Å²) in [6.45, 7) is 4.81. The molecule has 0 saturated heterocycles. The number of carbonyl (C=O) groups is 1. The zero-order valence-corrected chi connectivity index (χ0v) is 10.8. The van der Waals surface area contributed by atoms with E-state index in [2.05, 4.69) is 13.8 Å². The molecule has 1 saturated carbocycles. The minimum Gasteiger partial charge on any atom is -0.469 e. The molecule has 2 atom stereocenters. The van der Waals surface area contributed by atoms with Crippen LogP contribution in [0.3, 0.4) is 0 Å². The maximum absolute atomic E-state index is 12.0. The molecule has 1 aliphatic rings. The normalized spacial score (nSPS) is 21.2. The van der Waals surface area contributed by atoms with Gasteiger partial charge in [-0.3, -0.25) is 4.79 Å². The van der Waals surface area contributed by atoms with E-state index < -0.39 is 5.41 Å². The number of ether oxygens (including phenoxy) is 1. The minimum atomic E-state index is -0.399. The Morgan fingerprint density at radius 1 is 1.56 bits per heavy atom. The highest BCUT2D eigenvalue weighted by atomic mass is 16.5. The van der Waals surface area contributed by atoms with Gasteiger partial charge in [-0.1, -0.05) is 26.7 Å². The summed E-state index contributed by atoms with van der Waals surface area (Å²) in [4.78, 5) is 12.0. The summed E-state index contributed by atoms with van der Waals surface area (Å²) < 4.78 is 4.97. The molecule has 0 aliphatic heterocycles. The Hall–Kier alpha value is -0.570. The van der Waals surface area contributed by atoms with Gasteiger partial charge in [-0.15, -0.1) is 0 Å². The van der Waals surface area contributed by atoms with Crippen LogP contribution in [-0.2, 0) is 9.53 Å². The molecule has 1 rings (SSSR count). The Labute approximate surface area is 98.7 Å². The minimum absolute atomic E-state index is 0.0968. The molecule has 0 spiro atoms. The maximum atomic E-state index is 12.0. The largest absolute Gasteiger partial charge is 0.469 e. The van der Waals surface area contributed by atoms with Crippen LogP contribution in [0, 0.1) is 17.3 Å². The Morgan fingerprint density at radius 3 is 2.56 bits per heavy atom. The fraction of sp³-hybridized carbons (Fsp3) is 0.923. The summed E-state index contributed by atoms with van der Waals surface area (Å²) >= 11 is 0. The molecule has 3 nitrogen and oxygen atoms in total. The molecular weight excluding hydrogens is 202 g/mol. The third kappa shape index (κ3) is 2.76. The summed E-state index contributed by atoms with van der Waals surface area (Å²) in [5.74, 6) is 0.915. The van der Waals surface area contributed by atoms with Gasteiger partial charge < -0.3 is 10.5 Å². The molecule has 1 fully saturated rings. The Bertz CT molecular complexity index is 238. The van der Waals surface area contributed by atoms with Crippen molar-refractivity contribution in [2.45, 2.75) is 46.0 Å². The second-order valence-electron chi connectivity index (χ2n) is 5.22. The zero-order valence-electron chi connectivity index (χ0n) is 10.8. The monoisotopic (exact) mass is 227 g/mol. The molecule has 16 heavy (non-hydrogen) atoms. The van der Waals surface area contributed by atoms with E-state index in [-0.39, 0.29) is 5.97 Å². The van der Waals surface area contributed by atoms with E-state index in [1.807, 2.05) is 0 Å². The molecule has 0 amide bonds. The second-order valence-corrected chi connectivity index (χ2v) is 5.22. The number of nitrogens with two attached hydrogens (primary N) is 1. The summed E-state index contributed by atoms with van der Waals surface area (Å²) in [7, 11) is 1.47. The van der Waals surface area contributed by atoms with Crippen LogP contribution in [0.5, 0.6) is 0 Å². The lowest BCUT2D eigenvalue weighted by atomic mass is 9.74. The lowest BCUT2D eigenvalue weighted by Crippen LogP contribution is -2.43. The number of hydrogen-bond acceptors (Lipinski definition) is 3. The predicted molar refractivity (Wildman–Crippen MR) is 64.9 cm³/mol. The van der Waals surface area contributed by atoms with E-state index in [1.54, 1.807) is 0 Å². The van der Waals surface area contributed by atoms with E-state index >= 15 is 0 Å². The molecule has 1 aliphatic carbocycles. The van der Waals surface area contributed by atoms with Crippen molar-refractivity contribution in [1.82, 2.24) is 0 Å². The van der Waals surface area contributed by atoms with Gasteiger partial charge in [0.1, 0.15) is 0 Å². The van der Waals surface area contributed by atoms with Crippen LogP contribution in [0.4, 0.5) is 0 Å². The van der Waals surface area contributed by atoms with Gasteiger partial charge in [-0.05, 0) is 31.1 Å². The summed E-state index contributed by atoms with van der Waals surface area (Å²) in [6, 6.07) is 0. The van der Waals surface area contributed by atoms with Crippen molar-refractivity contribution >= 4 is 5.97 Å². The third-order valence-corrected chi connectivity index (χ3v) is 3.81. The number of carbonyl (C=O) groups excluding carboxylic acids is 1. The molecule has 2 N–H and O–H groups in total. The predicted octanol–water partition coefficient (Wildman–Crippen LogP) is 2.34. The highest BCUT2D eigenvalue weighted by molar-refractivity contribution is 5.78. The first-order valence-corrected chi connectivity index (χ1v) is 6.39. The highest BCUT2D eigenvalue weighted by Crippen LogP contribution is 2.49. The number of hydrogen-bond donors (Lipinski definition) is 1. The number of methoxy groups -OCH3 is 1. The number of rotatable bonds is 7. The van der Waals surface area contributed by atoms with Gasteiger partial charge >= 0.3 is 5.97 Å². The lowest BCUT2D eigenvalue weighted by Gasteiger charge is -2.32. The van der Waals surface area contributed by atoms with Gasteiger partial charge in [-0.25, -0.2) is 0 Å². The molecule has 0 radical (unpaired) electrons.